The van der Waals surface area contributed by atoms with E-state index in [4.69, 9.17) is 5.73 Å². The van der Waals surface area contributed by atoms with E-state index in [1.807, 2.05) is 12.3 Å². The first-order valence-electron chi connectivity index (χ1n) is 9.28. The maximum Gasteiger partial charge on any atom is 0.250 e. The summed E-state index contributed by atoms with van der Waals surface area (Å²) in [4.78, 5) is 15.2. The molecule has 1 aromatic heterocycles. The van der Waals surface area contributed by atoms with Crippen LogP contribution in [0, 0.1) is 5.82 Å². The highest BCUT2D eigenvalue weighted by atomic mass is 32.3. The number of carbonyl (C=O) groups excluding carboxylic acids is 1. The Morgan fingerprint density at radius 1 is 1.14 bits per heavy atom. The van der Waals surface area contributed by atoms with E-state index in [9.17, 15) is 18.3 Å². The van der Waals surface area contributed by atoms with Crippen LogP contribution in [0.15, 0.2) is 42.6 Å². The molecule has 0 bridgehead atoms. The van der Waals surface area contributed by atoms with Crippen LogP contribution in [0.2, 0.25) is 0 Å². The molecule has 1 atom stereocenters. The zero-order valence-corrected chi connectivity index (χ0v) is 16.1. The first-order chi connectivity index (χ1) is 13.3. The predicted molar refractivity (Wildman–Crippen MR) is 111 cm³/mol. The summed E-state index contributed by atoms with van der Waals surface area (Å²) in [7, 11) is -2.50. The van der Waals surface area contributed by atoms with Crippen LogP contribution >= 0.6 is 10.6 Å². The van der Waals surface area contributed by atoms with Gasteiger partial charge in [0.25, 0.3) is 5.91 Å². The first kappa shape index (κ1) is 19.0. The molecule has 2 aromatic carbocycles. The van der Waals surface area contributed by atoms with Gasteiger partial charge in [0, 0.05) is 23.1 Å². The minimum Gasteiger partial charge on any atom is -0.366 e. The lowest BCUT2D eigenvalue weighted by Crippen LogP contribution is -2.11. The summed E-state index contributed by atoms with van der Waals surface area (Å²) >= 11 is 0. The van der Waals surface area contributed by atoms with Gasteiger partial charge in [-0.3, -0.25) is 13.9 Å². The van der Waals surface area contributed by atoms with E-state index in [0.29, 0.717) is 34.6 Å². The van der Waals surface area contributed by atoms with Crippen molar-refractivity contribution in [2.75, 3.05) is 11.5 Å². The summed E-state index contributed by atoms with van der Waals surface area (Å²) in [6.07, 6.45) is 4.14. The summed E-state index contributed by atoms with van der Waals surface area (Å²) in [5, 5.41) is 0.874. The van der Waals surface area contributed by atoms with Gasteiger partial charge in [-0.2, -0.15) is 10.6 Å². The van der Waals surface area contributed by atoms with Gasteiger partial charge < -0.3 is 10.7 Å². The third-order valence-electron chi connectivity index (χ3n) is 5.50. The van der Waals surface area contributed by atoms with Gasteiger partial charge in [0.2, 0.25) is 0 Å². The van der Waals surface area contributed by atoms with Gasteiger partial charge in [-0.1, -0.05) is 12.1 Å². The van der Waals surface area contributed by atoms with Crippen LogP contribution in [0.5, 0.6) is 0 Å². The van der Waals surface area contributed by atoms with E-state index in [2.05, 4.69) is 4.98 Å². The van der Waals surface area contributed by atoms with E-state index >= 15 is 0 Å². The number of carbonyl (C=O) groups is 1. The number of rotatable bonds is 3. The van der Waals surface area contributed by atoms with Crippen molar-refractivity contribution in [2.45, 2.75) is 25.2 Å². The summed E-state index contributed by atoms with van der Waals surface area (Å²) in [5.41, 5.74) is 9.07. The summed E-state index contributed by atoms with van der Waals surface area (Å²) in [5.74, 6) is 0.0860. The molecule has 1 unspecified atom stereocenters. The Kier molecular flexibility index (Phi) is 4.91. The topological polar surface area (TPSA) is 99.3 Å². The summed E-state index contributed by atoms with van der Waals surface area (Å²) < 4.78 is 33.8. The minimum absolute atomic E-state index is 0.158. The van der Waals surface area contributed by atoms with E-state index < -0.39 is 16.5 Å². The van der Waals surface area contributed by atoms with Crippen LogP contribution in [0.3, 0.4) is 0 Å². The first-order valence-corrected chi connectivity index (χ1v) is 11.2. The van der Waals surface area contributed by atoms with Gasteiger partial charge in [-0.05, 0) is 66.1 Å². The molecular formula is C21H23FN2O3S. The van der Waals surface area contributed by atoms with Gasteiger partial charge in [0.1, 0.15) is 5.82 Å². The molecule has 0 spiro atoms. The molecule has 0 radical (unpaired) electrons. The molecule has 148 valence electrons. The Labute approximate surface area is 164 Å². The highest BCUT2D eigenvalue weighted by Gasteiger charge is 2.25. The van der Waals surface area contributed by atoms with E-state index in [1.54, 1.807) is 18.2 Å². The lowest BCUT2D eigenvalue weighted by molar-refractivity contribution is 0.100. The quantitative estimate of drug-likeness (QED) is 0.491. The van der Waals surface area contributed by atoms with Crippen molar-refractivity contribution in [3.05, 3.63) is 59.5 Å². The number of benzene rings is 2. The highest BCUT2D eigenvalue weighted by Crippen LogP contribution is 2.47. The molecule has 0 aliphatic carbocycles. The zero-order valence-electron chi connectivity index (χ0n) is 15.3. The number of hydrogen-bond donors (Lipinski definition) is 4. The van der Waals surface area contributed by atoms with Gasteiger partial charge in [0.15, 0.2) is 0 Å². The van der Waals surface area contributed by atoms with Crippen LogP contribution in [0.25, 0.3) is 22.0 Å². The Morgan fingerprint density at radius 2 is 1.96 bits per heavy atom. The number of aromatic nitrogens is 1. The van der Waals surface area contributed by atoms with Crippen molar-refractivity contribution >= 4 is 27.4 Å². The van der Waals surface area contributed by atoms with E-state index in [0.717, 1.165) is 29.4 Å². The number of H-pyrrole nitrogens is 1. The number of halogens is 1. The molecule has 2 heterocycles. The summed E-state index contributed by atoms with van der Waals surface area (Å²) in [6, 6.07) is 9.87. The fourth-order valence-electron chi connectivity index (χ4n) is 4.07. The maximum atomic E-state index is 13.7. The molecule has 28 heavy (non-hydrogen) atoms. The fourth-order valence-corrected chi connectivity index (χ4v) is 5.56. The monoisotopic (exact) mass is 402 g/mol. The number of fused-ring (bicyclic) bond motifs is 1. The van der Waals surface area contributed by atoms with Crippen molar-refractivity contribution in [2.24, 2.45) is 5.73 Å². The third kappa shape index (κ3) is 3.65. The van der Waals surface area contributed by atoms with Gasteiger partial charge in [-0.25, -0.2) is 4.39 Å². The predicted octanol–water partition coefficient (Wildman–Crippen LogP) is 5.09. The molecule has 3 aromatic rings. The zero-order chi connectivity index (χ0) is 19.9. The van der Waals surface area contributed by atoms with Crippen molar-refractivity contribution in [3.8, 4) is 11.1 Å². The van der Waals surface area contributed by atoms with Crippen molar-refractivity contribution in [3.63, 3.8) is 0 Å². The molecule has 0 saturated carbocycles. The molecule has 5 nitrogen and oxygen atoms in total. The molecule has 5 N–H and O–H groups in total. The van der Waals surface area contributed by atoms with Crippen LogP contribution in [-0.2, 0) is 0 Å². The molecule has 4 rings (SSSR count). The molecule has 1 aliphatic heterocycles. The molecule has 1 saturated heterocycles. The van der Waals surface area contributed by atoms with Crippen LogP contribution in [-0.4, -0.2) is 31.5 Å². The highest BCUT2D eigenvalue weighted by molar-refractivity contribution is 8.24. The molecule has 1 amide bonds. The van der Waals surface area contributed by atoms with Gasteiger partial charge in [0.05, 0.1) is 11.1 Å². The smallest absolute Gasteiger partial charge is 0.250 e. The number of hydrogen-bond acceptors (Lipinski definition) is 3. The average molecular weight is 402 g/mol. The second-order valence-electron chi connectivity index (χ2n) is 7.40. The SMILES string of the molecule is NC(=O)c1cc(-c2cccc(F)c2)cc2c(C3CCCS(O)(O)CC3)c[nH]c12. The molecule has 7 heteroatoms. The van der Waals surface area contributed by atoms with E-state index in [-0.39, 0.29) is 11.7 Å². The van der Waals surface area contributed by atoms with Gasteiger partial charge >= 0.3 is 0 Å². The largest absolute Gasteiger partial charge is 0.366 e. The Morgan fingerprint density at radius 3 is 2.71 bits per heavy atom. The van der Waals surface area contributed by atoms with E-state index in [1.165, 1.54) is 12.1 Å². The second kappa shape index (κ2) is 7.24. The lowest BCUT2D eigenvalue weighted by atomic mass is 9.90. The van der Waals surface area contributed by atoms with Crippen molar-refractivity contribution in [1.82, 2.24) is 4.98 Å². The Balaban J connectivity index is 1.84. The molecule has 1 fully saturated rings. The summed E-state index contributed by atoms with van der Waals surface area (Å²) in [6.45, 7) is 0. The Hall–Kier alpha value is -2.35. The average Bonchev–Trinajstić information content (AvgIpc) is 2.98. The number of primary amides is 1. The fraction of sp³-hybridized carbons (Fsp3) is 0.286. The second-order valence-corrected chi connectivity index (χ2v) is 9.82. The van der Waals surface area contributed by atoms with Crippen LogP contribution in [0.4, 0.5) is 4.39 Å². The lowest BCUT2D eigenvalue weighted by Gasteiger charge is -2.30. The molecule has 1 aliphatic rings. The molecular weight excluding hydrogens is 379 g/mol. The third-order valence-corrected chi connectivity index (χ3v) is 7.33. The number of amides is 1. The normalized spacial score (nSPS) is 20.6. The van der Waals surface area contributed by atoms with Crippen molar-refractivity contribution in [1.29, 1.82) is 0 Å². The standard InChI is InChI=1S/C21H23FN2O3S/c22-16-5-1-3-14(9-16)15-10-17-19(12-24-20(17)18(11-15)21(23)25)13-4-2-7-28(26,27)8-6-13/h1,3,5,9-13,24,26-27H,2,4,6-8H2,(H2,23,25). The Bertz CT molecular complexity index is 1050. The number of nitrogens with one attached hydrogen (secondary N) is 1. The number of nitrogens with two attached hydrogens (primary N) is 1. The minimum atomic E-state index is -2.50. The van der Waals surface area contributed by atoms with Gasteiger partial charge in [-0.15, -0.1) is 0 Å². The van der Waals surface area contributed by atoms with Crippen LogP contribution < -0.4 is 5.73 Å². The van der Waals surface area contributed by atoms with Crippen molar-refractivity contribution < 1.29 is 18.3 Å². The number of aromatic amines is 1. The maximum absolute atomic E-state index is 13.7. The van der Waals surface area contributed by atoms with Crippen LogP contribution in [0.1, 0.15) is 41.1 Å².